The number of fused-ring (bicyclic) bond motifs is 1. The zero-order chi connectivity index (χ0) is 19.6. The van der Waals surface area contributed by atoms with Crippen molar-refractivity contribution in [3.05, 3.63) is 54.6 Å². The number of nitrogens with one attached hydrogen (secondary N) is 2. The summed E-state index contributed by atoms with van der Waals surface area (Å²) in [6, 6.07) is 10.0. The predicted octanol–water partition coefficient (Wildman–Crippen LogP) is 3.30. The van der Waals surface area contributed by atoms with Crippen LogP contribution in [0.3, 0.4) is 0 Å². The third-order valence-corrected chi connectivity index (χ3v) is 5.05. The number of rotatable bonds is 4. The highest BCUT2D eigenvalue weighted by Gasteiger charge is 2.13. The molecule has 1 aliphatic rings. The number of aryl methyl sites for hydroxylation is 1. The van der Waals surface area contributed by atoms with Crippen molar-refractivity contribution >= 4 is 28.2 Å². The van der Waals surface area contributed by atoms with Crippen LogP contribution in [0.15, 0.2) is 48.9 Å². The van der Waals surface area contributed by atoms with E-state index >= 15 is 0 Å². The van der Waals surface area contributed by atoms with Crippen LogP contribution in [0.1, 0.15) is 5.69 Å². The van der Waals surface area contributed by atoms with Gasteiger partial charge in [0.25, 0.3) is 0 Å². The minimum absolute atomic E-state index is 0.541. The van der Waals surface area contributed by atoms with Gasteiger partial charge in [-0.3, -0.25) is 10.1 Å². The molecule has 1 saturated heterocycles. The van der Waals surface area contributed by atoms with E-state index in [1.54, 1.807) is 6.20 Å². The van der Waals surface area contributed by atoms with E-state index in [0.29, 0.717) is 5.95 Å². The number of ether oxygens (including phenoxy) is 1. The fourth-order valence-corrected chi connectivity index (χ4v) is 3.49. The van der Waals surface area contributed by atoms with Crippen LogP contribution in [0.25, 0.3) is 22.2 Å². The Bertz CT molecular complexity index is 1150. The van der Waals surface area contributed by atoms with E-state index in [4.69, 9.17) is 4.74 Å². The first kappa shape index (κ1) is 17.6. The summed E-state index contributed by atoms with van der Waals surface area (Å²) in [7, 11) is 0. The Balaban J connectivity index is 1.41. The van der Waals surface area contributed by atoms with Crippen molar-refractivity contribution in [1.29, 1.82) is 0 Å². The first-order valence-corrected chi connectivity index (χ1v) is 9.59. The Kier molecular flexibility index (Phi) is 4.53. The van der Waals surface area contributed by atoms with Gasteiger partial charge in [0.15, 0.2) is 0 Å². The van der Waals surface area contributed by atoms with Crippen LogP contribution >= 0.6 is 0 Å². The van der Waals surface area contributed by atoms with Gasteiger partial charge >= 0.3 is 0 Å². The van der Waals surface area contributed by atoms with Gasteiger partial charge in [0.05, 0.1) is 36.3 Å². The second-order valence-corrected chi connectivity index (χ2v) is 7.00. The zero-order valence-electron chi connectivity index (χ0n) is 16.1. The van der Waals surface area contributed by atoms with Crippen LogP contribution in [0.5, 0.6) is 0 Å². The molecule has 0 saturated carbocycles. The molecule has 1 aromatic carbocycles. The molecule has 1 fully saturated rings. The molecule has 2 N–H and O–H groups in total. The number of H-pyrrole nitrogens is 1. The smallest absolute Gasteiger partial charge is 0.227 e. The van der Waals surface area contributed by atoms with Crippen molar-refractivity contribution < 1.29 is 4.74 Å². The number of hydrogen-bond acceptors (Lipinski definition) is 7. The van der Waals surface area contributed by atoms with Gasteiger partial charge in [-0.25, -0.2) is 9.97 Å². The number of anilines is 3. The van der Waals surface area contributed by atoms with Crippen LogP contribution in [-0.2, 0) is 4.74 Å². The van der Waals surface area contributed by atoms with E-state index < -0.39 is 0 Å². The average molecular weight is 387 g/mol. The summed E-state index contributed by atoms with van der Waals surface area (Å²) in [6.45, 7) is 5.23. The topological polar surface area (TPSA) is 91.9 Å². The quantitative estimate of drug-likeness (QED) is 0.555. The van der Waals surface area contributed by atoms with E-state index in [0.717, 1.165) is 65.5 Å². The Morgan fingerprint density at radius 1 is 1.10 bits per heavy atom. The molecule has 0 aliphatic carbocycles. The van der Waals surface area contributed by atoms with E-state index in [1.807, 2.05) is 43.6 Å². The SMILES string of the molecule is Cc1[nH]nc2ccc(Nc3nccc(-c4cncc(N5CCOCC5)c4)n3)cc12. The molecule has 146 valence electrons. The van der Waals surface area contributed by atoms with E-state index in [2.05, 4.69) is 41.4 Å². The van der Waals surface area contributed by atoms with E-state index in [-0.39, 0.29) is 0 Å². The molecule has 3 aromatic heterocycles. The third-order valence-electron chi connectivity index (χ3n) is 5.05. The summed E-state index contributed by atoms with van der Waals surface area (Å²) in [5, 5.41) is 11.6. The molecule has 0 unspecified atom stereocenters. The van der Waals surface area contributed by atoms with Crippen molar-refractivity contribution in [3.63, 3.8) is 0 Å². The first-order chi connectivity index (χ1) is 14.3. The van der Waals surface area contributed by atoms with Gasteiger partial charge in [-0.2, -0.15) is 5.10 Å². The molecule has 8 heteroatoms. The summed E-state index contributed by atoms with van der Waals surface area (Å²) in [5.41, 5.74) is 5.75. The lowest BCUT2D eigenvalue weighted by molar-refractivity contribution is 0.122. The molecule has 8 nitrogen and oxygen atoms in total. The number of hydrogen-bond donors (Lipinski definition) is 2. The van der Waals surface area contributed by atoms with Crippen LogP contribution in [0.2, 0.25) is 0 Å². The van der Waals surface area contributed by atoms with Crippen molar-refractivity contribution in [3.8, 4) is 11.3 Å². The maximum Gasteiger partial charge on any atom is 0.227 e. The van der Waals surface area contributed by atoms with Crippen molar-refractivity contribution in [2.45, 2.75) is 6.92 Å². The molecule has 1 aliphatic heterocycles. The number of aromatic nitrogens is 5. The molecular weight excluding hydrogens is 366 g/mol. The molecule has 4 heterocycles. The summed E-state index contributed by atoms with van der Waals surface area (Å²) >= 11 is 0. The highest BCUT2D eigenvalue weighted by atomic mass is 16.5. The highest BCUT2D eigenvalue weighted by Crippen LogP contribution is 2.25. The molecule has 0 radical (unpaired) electrons. The van der Waals surface area contributed by atoms with Gasteiger partial charge < -0.3 is 15.0 Å². The van der Waals surface area contributed by atoms with Crippen LogP contribution in [0, 0.1) is 6.92 Å². The summed E-state index contributed by atoms with van der Waals surface area (Å²) in [5.74, 6) is 0.541. The minimum Gasteiger partial charge on any atom is -0.378 e. The molecule has 0 spiro atoms. The Morgan fingerprint density at radius 2 is 2.00 bits per heavy atom. The Hall–Kier alpha value is -3.52. The maximum absolute atomic E-state index is 5.44. The monoisotopic (exact) mass is 387 g/mol. The molecule has 0 bridgehead atoms. The molecule has 29 heavy (non-hydrogen) atoms. The second-order valence-electron chi connectivity index (χ2n) is 7.00. The highest BCUT2D eigenvalue weighted by molar-refractivity contribution is 5.85. The largest absolute Gasteiger partial charge is 0.378 e. The van der Waals surface area contributed by atoms with Gasteiger partial charge in [0.2, 0.25) is 5.95 Å². The van der Waals surface area contributed by atoms with Crippen molar-refractivity contribution in [2.24, 2.45) is 0 Å². The Morgan fingerprint density at radius 3 is 2.90 bits per heavy atom. The van der Waals surface area contributed by atoms with Crippen LogP contribution in [-0.4, -0.2) is 51.5 Å². The fourth-order valence-electron chi connectivity index (χ4n) is 3.49. The molecule has 4 aromatic rings. The standard InChI is InChI=1S/C21H21N7O/c1-14-18-11-16(2-3-20(18)27-26-14)24-21-23-5-4-19(25-21)15-10-17(13-22-12-15)28-6-8-29-9-7-28/h2-5,10-13H,6-9H2,1H3,(H,26,27)(H,23,24,25). The number of morpholine rings is 1. The first-order valence-electron chi connectivity index (χ1n) is 9.59. The lowest BCUT2D eigenvalue weighted by Gasteiger charge is -2.28. The number of benzene rings is 1. The van der Waals surface area contributed by atoms with E-state index in [1.165, 1.54) is 0 Å². The Labute approximate surface area is 168 Å². The van der Waals surface area contributed by atoms with Gasteiger partial charge in [-0.05, 0) is 37.3 Å². The lowest BCUT2D eigenvalue weighted by atomic mass is 10.2. The minimum atomic E-state index is 0.541. The maximum atomic E-state index is 5.44. The van der Waals surface area contributed by atoms with Gasteiger partial charge in [-0.15, -0.1) is 0 Å². The number of aromatic amines is 1. The zero-order valence-corrected chi connectivity index (χ0v) is 16.1. The predicted molar refractivity (Wildman–Crippen MR) is 112 cm³/mol. The van der Waals surface area contributed by atoms with Gasteiger partial charge in [-0.1, -0.05) is 0 Å². The normalized spacial score (nSPS) is 14.3. The van der Waals surface area contributed by atoms with Crippen molar-refractivity contribution in [2.75, 3.05) is 36.5 Å². The molecule has 0 amide bonds. The third kappa shape index (κ3) is 3.62. The summed E-state index contributed by atoms with van der Waals surface area (Å²) in [6.07, 6.45) is 5.47. The van der Waals surface area contributed by atoms with Crippen molar-refractivity contribution in [1.82, 2.24) is 25.1 Å². The lowest BCUT2D eigenvalue weighted by Crippen LogP contribution is -2.36. The van der Waals surface area contributed by atoms with Crippen LogP contribution < -0.4 is 10.2 Å². The number of pyridine rings is 1. The molecule has 5 rings (SSSR count). The second kappa shape index (κ2) is 7.48. The summed E-state index contributed by atoms with van der Waals surface area (Å²) < 4.78 is 5.44. The van der Waals surface area contributed by atoms with E-state index in [9.17, 15) is 0 Å². The average Bonchev–Trinajstić information content (AvgIpc) is 3.15. The van der Waals surface area contributed by atoms with Crippen LogP contribution in [0.4, 0.5) is 17.3 Å². The van der Waals surface area contributed by atoms with Gasteiger partial charge in [0.1, 0.15) is 0 Å². The molecule has 0 atom stereocenters. The fraction of sp³-hybridized carbons (Fsp3) is 0.238. The number of nitrogens with zero attached hydrogens (tertiary/aromatic N) is 5. The van der Waals surface area contributed by atoms with Gasteiger partial charge in [0, 0.05) is 47.8 Å². The molecular formula is C21H21N7O. The summed E-state index contributed by atoms with van der Waals surface area (Å²) in [4.78, 5) is 15.8.